The summed E-state index contributed by atoms with van der Waals surface area (Å²) in [5.74, 6) is -1.28. The molecular formula is C30H27F2N7O2. The monoisotopic (exact) mass is 555 g/mol. The van der Waals surface area contributed by atoms with Gasteiger partial charge in [-0.2, -0.15) is 4.98 Å². The first kappa shape index (κ1) is 26.3. The van der Waals surface area contributed by atoms with Crippen molar-refractivity contribution in [2.24, 2.45) is 0 Å². The van der Waals surface area contributed by atoms with E-state index in [0.29, 0.717) is 28.0 Å². The number of amides is 1. The van der Waals surface area contributed by atoms with Crippen LogP contribution in [0.5, 0.6) is 0 Å². The molecule has 5 aromatic rings. The number of halogens is 2. The topological polar surface area (TPSA) is 118 Å². The van der Waals surface area contributed by atoms with Gasteiger partial charge in [-0.25, -0.2) is 18.7 Å². The molecule has 0 unspecified atom stereocenters. The molecule has 6 rings (SSSR count). The van der Waals surface area contributed by atoms with Crippen LogP contribution in [0.2, 0.25) is 0 Å². The maximum absolute atomic E-state index is 15.0. The van der Waals surface area contributed by atoms with Crippen molar-refractivity contribution in [3.8, 4) is 16.9 Å². The summed E-state index contributed by atoms with van der Waals surface area (Å²) < 4.78 is 30.8. The van der Waals surface area contributed by atoms with Crippen LogP contribution in [0.25, 0.3) is 28.0 Å². The summed E-state index contributed by atoms with van der Waals surface area (Å²) >= 11 is 0. The minimum Gasteiger partial charge on any atom is -0.349 e. The molecule has 208 valence electrons. The van der Waals surface area contributed by atoms with E-state index in [2.05, 4.69) is 25.6 Å². The lowest BCUT2D eigenvalue weighted by molar-refractivity contribution is 0.0938. The van der Waals surface area contributed by atoms with E-state index >= 15 is 0 Å². The van der Waals surface area contributed by atoms with Gasteiger partial charge in [0.1, 0.15) is 23.1 Å². The number of para-hydroxylation sites is 1. The highest BCUT2D eigenvalue weighted by Crippen LogP contribution is 2.32. The second kappa shape index (κ2) is 10.9. The van der Waals surface area contributed by atoms with E-state index in [9.17, 15) is 18.4 Å². The Labute approximate surface area is 233 Å². The van der Waals surface area contributed by atoms with Crippen molar-refractivity contribution in [1.82, 2.24) is 29.8 Å². The first-order valence-corrected chi connectivity index (χ1v) is 13.4. The van der Waals surface area contributed by atoms with Gasteiger partial charge in [0.15, 0.2) is 5.65 Å². The Balaban J connectivity index is 1.54. The summed E-state index contributed by atoms with van der Waals surface area (Å²) in [5, 5.41) is 6.57. The summed E-state index contributed by atoms with van der Waals surface area (Å²) in [5.41, 5.74) is 1.11. The van der Waals surface area contributed by atoms with Crippen LogP contribution in [0.3, 0.4) is 0 Å². The van der Waals surface area contributed by atoms with Crippen LogP contribution in [-0.2, 0) is 6.54 Å². The summed E-state index contributed by atoms with van der Waals surface area (Å²) in [6, 6.07) is 11.6. The van der Waals surface area contributed by atoms with Crippen LogP contribution in [0.15, 0.2) is 65.7 Å². The fourth-order valence-electron chi connectivity index (χ4n) is 5.23. The molecule has 1 aliphatic carbocycles. The quantitative estimate of drug-likeness (QED) is 0.259. The Morgan fingerprint density at radius 2 is 1.85 bits per heavy atom. The van der Waals surface area contributed by atoms with E-state index in [1.807, 2.05) is 13.0 Å². The highest BCUT2D eigenvalue weighted by Gasteiger charge is 2.22. The molecule has 1 fully saturated rings. The molecule has 3 N–H and O–H groups in total. The summed E-state index contributed by atoms with van der Waals surface area (Å²) in [6.45, 7) is 2.11. The van der Waals surface area contributed by atoms with E-state index in [1.54, 1.807) is 24.5 Å². The number of fused-ring (bicyclic) bond motifs is 1. The number of carbonyl (C=O) groups excluding carboxylic acids is 1. The van der Waals surface area contributed by atoms with Crippen molar-refractivity contribution in [3.63, 3.8) is 0 Å². The van der Waals surface area contributed by atoms with Crippen LogP contribution < -0.4 is 16.2 Å². The van der Waals surface area contributed by atoms with E-state index in [0.717, 1.165) is 47.9 Å². The van der Waals surface area contributed by atoms with Gasteiger partial charge in [-0.15, -0.1) is 0 Å². The zero-order valence-electron chi connectivity index (χ0n) is 22.2. The zero-order valence-corrected chi connectivity index (χ0v) is 22.2. The Morgan fingerprint density at radius 1 is 1.07 bits per heavy atom. The number of imidazole rings is 1. The number of aromatic amines is 1. The van der Waals surface area contributed by atoms with Gasteiger partial charge < -0.3 is 15.6 Å². The summed E-state index contributed by atoms with van der Waals surface area (Å²) in [4.78, 5) is 42.7. The number of hydrogen-bond donors (Lipinski definition) is 3. The van der Waals surface area contributed by atoms with Gasteiger partial charge in [-0.05, 0) is 55.7 Å². The molecule has 9 nitrogen and oxygen atoms in total. The third kappa shape index (κ3) is 5.18. The van der Waals surface area contributed by atoms with Gasteiger partial charge in [0, 0.05) is 41.0 Å². The lowest BCUT2D eigenvalue weighted by atomic mass is 9.99. The van der Waals surface area contributed by atoms with Crippen molar-refractivity contribution in [3.05, 3.63) is 99.9 Å². The van der Waals surface area contributed by atoms with Crippen LogP contribution in [-0.4, -0.2) is 36.5 Å². The molecule has 41 heavy (non-hydrogen) atoms. The number of aryl methyl sites for hydroxylation is 1. The average molecular weight is 556 g/mol. The van der Waals surface area contributed by atoms with Crippen molar-refractivity contribution in [1.29, 1.82) is 0 Å². The number of nitrogens with one attached hydrogen (secondary N) is 3. The number of rotatable bonds is 7. The van der Waals surface area contributed by atoms with Gasteiger partial charge in [-0.1, -0.05) is 25.0 Å². The molecular weight excluding hydrogens is 528 g/mol. The number of H-pyrrole nitrogens is 1. The first-order valence-electron chi connectivity index (χ1n) is 13.4. The predicted molar refractivity (Wildman–Crippen MR) is 151 cm³/mol. The Morgan fingerprint density at radius 3 is 2.59 bits per heavy atom. The third-order valence-corrected chi connectivity index (χ3v) is 7.33. The number of carbonyl (C=O) groups is 1. The van der Waals surface area contributed by atoms with Crippen molar-refractivity contribution in [2.75, 3.05) is 5.32 Å². The van der Waals surface area contributed by atoms with Crippen molar-refractivity contribution < 1.29 is 13.6 Å². The molecule has 0 radical (unpaired) electrons. The van der Waals surface area contributed by atoms with Crippen LogP contribution >= 0.6 is 0 Å². The Kier molecular flexibility index (Phi) is 7.00. The number of pyridine rings is 1. The molecule has 1 saturated carbocycles. The number of nitrogens with zero attached hydrogens (tertiary/aromatic N) is 4. The van der Waals surface area contributed by atoms with Crippen molar-refractivity contribution in [2.45, 2.75) is 45.2 Å². The molecule has 3 aromatic heterocycles. The van der Waals surface area contributed by atoms with Crippen LogP contribution in [0, 0.1) is 18.6 Å². The second-order valence-corrected chi connectivity index (χ2v) is 10.1. The number of benzene rings is 2. The largest absolute Gasteiger partial charge is 0.349 e. The highest BCUT2D eigenvalue weighted by atomic mass is 19.1. The minimum absolute atomic E-state index is 0.00801. The number of anilines is 1. The second-order valence-electron chi connectivity index (χ2n) is 10.1. The molecule has 0 bridgehead atoms. The molecule has 0 saturated heterocycles. The molecule has 1 amide bonds. The number of aromatic nitrogens is 5. The lowest BCUT2D eigenvalue weighted by Crippen LogP contribution is -2.32. The molecule has 0 spiro atoms. The standard InChI is InChI=1S/C30H27F2N7O2/c1-17-9-10-18(29(41)36-19-5-2-3-6-19)15-21(17)26-20-11-12-25(40)39(27-22(31)7-4-8-23(27)32)28(20)38-30(37-26)35-16-24-33-13-14-34-24/h4,7-15,19H,2-3,5-6,16H2,1H3,(H,33,34)(H,36,41)(H,35,37,38). The highest BCUT2D eigenvalue weighted by molar-refractivity contribution is 5.98. The fraction of sp³-hybridized carbons (Fsp3) is 0.233. The first-order chi connectivity index (χ1) is 19.9. The van der Waals surface area contributed by atoms with E-state index < -0.39 is 22.9 Å². The minimum atomic E-state index is -0.911. The molecule has 0 aliphatic heterocycles. The Bertz CT molecular complexity index is 1790. The molecule has 0 atom stereocenters. The van der Waals surface area contributed by atoms with Gasteiger partial charge in [-0.3, -0.25) is 14.2 Å². The molecule has 3 heterocycles. The van der Waals surface area contributed by atoms with Gasteiger partial charge in [0.2, 0.25) is 5.95 Å². The predicted octanol–water partition coefficient (Wildman–Crippen LogP) is 5.04. The van der Waals surface area contributed by atoms with Gasteiger partial charge >= 0.3 is 0 Å². The Hall–Kier alpha value is -4.93. The maximum atomic E-state index is 15.0. The third-order valence-electron chi connectivity index (χ3n) is 7.33. The zero-order chi connectivity index (χ0) is 28.5. The average Bonchev–Trinajstić information content (AvgIpc) is 3.67. The fourth-order valence-corrected chi connectivity index (χ4v) is 5.23. The van der Waals surface area contributed by atoms with Crippen molar-refractivity contribution >= 4 is 22.9 Å². The summed E-state index contributed by atoms with van der Waals surface area (Å²) in [7, 11) is 0. The smallest absolute Gasteiger partial charge is 0.256 e. The molecule has 11 heteroatoms. The van der Waals surface area contributed by atoms with E-state index in [1.165, 1.54) is 18.2 Å². The SMILES string of the molecule is Cc1ccc(C(=O)NC2CCCC2)cc1-c1nc(NCc2ncc[nH]2)nc2c1ccc(=O)n2-c1c(F)cccc1F. The van der Waals surface area contributed by atoms with Gasteiger partial charge in [0.05, 0.1) is 12.2 Å². The maximum Gasteiger partial charge on any atom is 0.256 e. The van der Waals surface area contributed by atoms with E-state index in [-0.39, 0.29) is 30.1 Å². The molecule has 2 aromatic carbocycles. The van der Waals surface area contributed by atoms with Gasteiger partial charge in [0.25, 0.3) is 11.5 Å². The normalized spacial score (nSPS) is 13.5. The number of hydrogen-bond acceptors (Lipinski definition) is 6. The van der Waals surface area contributed by atoms with E-state index in [4.69, 9.17) is 4.98 Å². The lowest BCUT2D eigenvalue weighted by Gasteiger charge is -2.17. The molecule has 1 aliphatic rings. The summed E-state index contributed by atoms with van der Waals surface area (Å²) in [6.07, 6.45) is 7.37. The van der Waals surface area contributed by atoms with Crippen LogP contribution in [0.1, 0.15) is 47.4 Å². The van der Waals surface area contributed by atoms with Crippen LogP contribution in [0.4, 0.5) is 14.7 Å².